The van der Waals surface area contributed by atoms with Crippen LogP contribution in [0.2, 0.25) is 10.3 Å². The Labute approximate surface area is 136 Å². The molecular formula is C12H5Cl2F4N3O2. The molecule has 1 aromatic carbocycles. The van der Waals surface area contributed by atoms with E-state index in [1.807, 2.05) is 0 Å². The van der Waals surface area contributed by atoms with E-state index in [4.69, 9.17) is 23.2 Å². The van der Waals surface area contributed by atoms with E-state index in [-0.39, 0.29) is 10.7 Å². The third kappa shape index (κ3) is 4.42. The second-order valence-electron chi connectivity index (χ2n) is 3.99. The number of nitrogens with one attached hydrogen (secondary N) is 1. The lowest BCUT2D eigenvalue weighted by molar-refractivity contribution is -0.142. The fraction of sp³-hybridized carbons (Fsp3) is 0.0833. The maximum atomic E-state index is 13.0. The molecule has 1 heterocycles. The van der Waals surface area contributed by atoms with Crippen molar-refractivity contribution in [3.05, 3.63) is 46.2 Å². The lowest BCUT2D eigenvalue weighted by atomic mass is 10.3. The maximum absolute atomic E-state index is 13.0. The Morgan fingerprint density at radius 2 is 1.96 bits per heavy atom. The molecule has 0 aliphatic carbocycles. The molecule has 1 N–H and O–H groups in total. The zero-order chi connectivity index (χ0) is 17.2. The molecule has 0 radical (unpaired) electrons. The van der Waals surface area contributed by atoms with Crippen LogP contribution in [-0.4, -0.2) is 16.1 Å². The Bertz CT molecular complexity index is 756. The summed E-state index contributed by atoms with van der Waals surface area (Å²) >= 11 is 10.8. The molecule has 0 unspecified atom stereocenters. The minimum Gasteiger partial charge on any atom is -0.406 e. The van der Waals surface area contributed by atoms with Crippen LogP contribution < -0.4 is 10.1 Å². The second kappa shape index (κ2) is 6.55. The molecule has 0 saturated carbocycles. The lowest BCUT2D eigenvalue weighted by Crippen LogP contribution is -2.20. The highest BCUT2D eigenvalue weighted by atomic mass is 35.5. The summed E-state index contributed by atoms with van der Waals surface area (Å²) in [5, 5.41) is 1.14. The third-order valence-corrected chi connectivity index (χ3v) is 2.83. The van der Waals surface area contributed by atoms with Crippen LogP contribution in [0.4, 0.5) is 28.0 Å². The van der Waals surface area contributed by atoms with Crippen molar-refractivity contribution in [1.29, 1.82) is 0 Å². The number of benzene rings is 1. The largest absolute Gasteiger partial charge is 0.437 e. The fourth-order valence-electron chi connectivity index (χ4n) is 1.44. The number of hydrogen-bond acceptors (Lipinski definition) is 4. The predicted molar refractivity (Wildman–Crippen MR) is 73.1 cm³/mol. The number of alkyl halides is 3. The minimum absolute atomic E-state index is 0.0184. The Morgan fingerprint density at radius 1 is 1.26 bits per heavy atom. The van der Waals surface area contributed by atoms with Crippen molar-refractivity contribution in [3.8, 4) is 5.75 Å². The van der Waals surface area contributed by atoms with E-state index in [0.717, 1.165) is 18.2 Å². The van der Waals surface area contributed by atoms with E-state index < -0.39 is 34.8 Å². The highest BCUT2D eigenvalue weighted by Gasteiger charge is 2.38. The molecule has 2 aromatic rings. The van der Waals surface area contributed by atoms with Gasteiger partial charge in [-0.25, -0.2) is 19.2 Å². The number of rotatable bonds is 2. The summed E-state index contributed by atoms with van der Waals surface area (Å²) in [4.78, 5) is 17.9. The quantitative estimate of drug-likeness (QED) is 0.622. The summed E-state index contributed by atoms with van der Waals surface area (Å²) in [6.45, 7) is 0. The van der Waals surface area contributed by atoms with Gasteiger partial charge in [-0.2, -0.15) is 13.2 Å². The Kier molecular flexibility index (Phi) is 4.90. The average Bonchev–Trinajstić information content (AvgIpc) is 2.44. The molecule has 0 atom stereocenters. The van der Waals surface area contributed by atoms with Crippen LogP contribution in [0.25, 0.3) is 0 Å². The molecule has 0 spiro atoms. The van der Waals surface area contributed by atoms with Gasteiger partial charge >= 0.3 is 12.3 Å². The molecule has 0 aliphatic rings. The molecule has 1 amide bonds. The van der Waals surface area contributed by atoms with Crippen LogP contribution in [-0.2, 0) is 6.18 Å². The Balaban J connectivity index is 2.19. The van der Waals surface area contributed by atoms with Gasteiger partial charge in [0.05, 0.1) is 11.2 Å². The summed E-state index contributed by atoms with van der Waals surface area (Å²) in [6.07, 6.45) is -5.57. The maximum Gasteiger partial charge on any atom is 0.437 e. The van der Waals surface area contributed by atoms with Crippen molar-refractivity contribution in [2.75, 3.05) is 5.32 Å². The number of halogens is 6. The van der Waals surface area contributed by atoms with Crippen molar-refractivity contribution in [1.82, 2.24) is 9.97 Å². The molecule has 5 nitrogen and oxygen atoms in total. The first-order chi connectivity index (χ1) is 10.7. The van der Waals surface area contributed by atoms with E-state index in [2.05, 4.69) is 20.0 Å². The van der Waals surface area contributed by atoms with Gasteiger partial charge in [0, 0.05) is 5.69 Å². The summed E-state index contributed by atoms with van der Waals surface area (Å²) in [7, 11) is 0. The zero-order valence-corrected chi connectivity index (χ0v) is 12.3. The van der Waals surface area contributed by atoms with Crippen molar-refractivity contribution < 1.29 is 27.1 Å². The molecule has 0 fully saturated rings. The molecule has 0 bridgehead atoms. The van der Waals surface area contributed by atoms with Crippen LogP contribution in [0.1, 0.15) is 5.69 Å². The third-order valence-electron chi connectivity index (χ3n) is 2.36. The van der Waals surface area contributed by atoms with E-state index in [0.29, 0.717) is 6.20 Å². The lowest BCUT2D eigenvalue weighted by Gasteiger charge is -2.12. The number of hydrogen-bond donors (Lipinski definition) is 1. The molecule has 2 rings (SSSR count). The summed E-state index contributed by atoms with van der Waals surface area (Å²) in [6, 6.07) is 3.16. The van der Waals surface area contributed by atoms with Crippen LogP contribution in [0.15, 0.2) is 24.4 Å². The van der Waals surface area contributed by atoms with E-state index >= 15 is 0 Å². The van der Waals surface area contributed by atoms with E-state index in [9.17, 15) is 22.4 Å². The second-order valence-corrected chi connectivity index (χ2v) is 4.74. The van der Waals surface area contributed by atoms with Crippen molar-refractivity contribution in [2.45, 2.75) is 6.18 Å². The normalized spacial score (nSPS) is 11.2. The average molecular weight is 370 g/mol. The highest BCUT2D eigenvalue weighted by Crippen LogP contribution is 2.34. The zero-order valence-electron chi connectivity index (χ0n) is 10.8. The first-order valence-electron chi connectivity index (χ1n) is 5.70. The monoisotopic (exact) mass is 369 g/mol. The number of carbonyl (C=O) groups excluding carboxylic acids is 1. The number of amides is 1. The van der Waals surface area contributed by atoms with Gasteiger partial charge in [-0.1, -0.05) is 11.6 Å². The molecule has 0 saturated heterocycles. The number of ether oxygens (including phenoxy) is 1. The number of nitrogens with zero attached hydrogens (tertiary/aromatic N) is 2. The fourth-order valence-corrected chi connectivity index (χ4v) is 1.76. The summed E-state index contributed by atoms with van der Waals surface area (Å²) in [5.74, 6) is -1.66. The van der Waals surface area contributed by atoms with E-state index in [1.54, 1.807) is 0 Å². The van der Waals surface area contributed by atoms with Crippen LogP contribution in [0.5, 0.6) is 5.75 Å². The van der Waals surface area contributed by atoms with Gasteiger partial charge in [0.2, 0.25) is 5.28 Å². The van der Waals surface area contributed by atoms with Gasteiger partial charge in [0.25, 0.3) is 0 Å². The number of aromatic nitrogens is 2. The predicted octanol–water partition coefficient (Wildman–Crippen LogP) is 4.55. The van der Waals surface area contributed by atoms with Crippen molar-refractivity contribution >= 4 is 35.0 Å². The van der Waals surface area contributed by atoms with Crippen LogP contribution in [0.3, 0.4) is 0 Å². The van der Waals surface area contributed by atoms with Gasteiger partial charge < -0.3 is 4.74 Å². The SMILES string of the molecule is O=C(Nc1ccc(F)c(Cl)c1)Oc1cnc(Cl)nc1C(F)(F)F. The minimum atomic E-state index is -4.90. The highest BCUT2D eigenvalue weighted by molar-refractivity contribution is 6.31. The van der Waals surface area contributed by atoms with Crippen LogP contribution in [0, 0.1) is 5.82 Å². The van der Waals surface area contributed by atoms with Gasteiger partial charge in [-0.15, -0.1) is 0 Å². The number of anilines is 1. The molecule has 122 valence electrons. The molecule has 1 aromatic heterocycles. The van der Waals surface area contributed by atoms with E-state index in [1.165, 1.54) is 0 Å². The first kappa shape index (κ1) is 17.2. The van der Waals surface area contributed by atoms with Crippen LogP contribution >= 0.6 is 23.2 Å². The summed E-state index contributed by atoms with van der Waals surface area (Å²) < 4.78 is 55.8. The van der Waals surface area contributed by atoms with Crippen molar-refractivity contribution in [2.24, 2.45) is 0 Å². The first-order valence-corrected chi connectivity index (χ1v) is 6.46. The van der Waals surface area contributed by atoms with Crippen molar-refractivity contribution in [3.63, 3.8) is 0 Å². The molecule has 23 heavy (non-hydrogen) atoms. The standard InChI is InChI=1S/C12H5Cl2F4N3O2/c13-6-3-5(1-2-7(6)15)20-11(22)23-8-4-19-10(14)21-9(8)12(16,17)18/h1-4H,(H,20,22). The van der Waals surface area contributed by atoms with Gasteiger partial charge in [0.15, 0.2) is 11.4 Å². The van der Waals surface area contributed by atoms with Gasteiger partial charge in [-0.3, -0.25) is 5.32 Å². The molecular weight excluding hydrogens is 365 g/mol. The van der Waals surface area contributed by atoms with Gasteiger partial charge in [0.1, 0.15) is 5.82 Å². The number of carbonyl (C=O) groups is 1. The van der Waals surface area contributed by atoms with Gasteiger partial charge in [-0.05, 0) is 29.8 Å². The molecule has 0 aliphatic heterocycles. The Morgan fingerprint density at radius 3 is 2.57 bits per heavy atom. The Hall–Kier alpha value is -2.13. The molecule has 11 heteroatoms. The smallest absolute Gasteiger partial charge is 0.406 e. The summed E-state index contributed by atoms with van der Waals surface area (Å²) in [5.41, 5.74) is -1.49. The topological polar surface area (TPSA) is 64.1 Å².